The van der Waals surface area contributed by atoms with E-state index in [0.29, 0.717) is 6.54 Å². The van der Waals surface area contributed by atoms with Crippen molar-refractivity contribution in [3.05, 3.63) is 31.8 Å². The van der Waals surface area contributed by atoms with Gasteiger partial charge in [-0.2, -0.15) is 0 Å². The van der Waals surface area contributed by atoms with Gasteiger partial charge in [0.2, 0.25) is 0 Å². The lowest BCUT2D eigenvalue weighted by Crippen LogP contribution is -2.29. The van der Waals surface area contributed by atoms with E-state index >= 15 is 0 Å². The molecule has 0 radical (unpaired) electrons. The van der Waals surface area contributed by atoms with E-state index in [0.717, 1.165) is 26.6 Å². The zero-order valence-corrected chi connectivity index (χ0v) is 12.9. The molecule has 0 aromatic heterocycles. The van der Waals surface area contributed by atoms with Gasteiger partial charge >= 0.3 is 0 Å². The zero-order chi connectivity index (χ0) is 11.7. The molecule has 0 bridgehead atoms. The van der Waals surface area contributed by atoms with Crippen molar-refractivity contribution in [3.8, 4) is 0 Å². The van der Waals surface area contributed by atoms with Gasteiger partial charge in [0.05, 0.1) is 10.9 Å². The Hall–Kier alpha value is 0.190. The summed E-state index contributed by atoms with van der Waals surface area (Å²) in [6.07, 6.45) is 0.887. The fourth-order valence-corrected chi connectivity index (χ4v) is 2.93. The molecule has 2 rings (SSSR count). The Labute approximate surface area is 122 Å². The van der Waals surface area contributed by atoms with Gasteiger partial charge in [0.15, 0.2) is 0 Å². The number of hydrogen-bond donors (Lipinski definition) is 0. The first kappa shape index (κ1) is 12.6. The van der Waals surface area contributed by atoms with Gasteiger partial charge in [0.25, 0.3) is 5.91 Å². The minimum atomic E-state index is 0.0776. The third kappa shape index (κ3) is 2.71. The molecule has 0 saturated carbocycles. The summed E-state index contributed by atoms with van der Waals surface area (Å²) >= 11 is 11.6. The summed E-state index contributed by atoms with van der Waals surface area (Å²) in [6.45, 7) is 1.42. The summed E-state index contributed by atoms with van der Waals surface area (Å²) in [5, 5.41) is 0.105. The second-order valence-corrected chi connectivity index (χ2v) is 6.46. The third-order valence-electron chi connectivity index (χ3n) is 2.58. The van der Waals surface area contributed by atoms with Gasteiger partial charge in [-0.3, -0.25) is 4.79 Å². The van der Waals surface area contributed by atoms with Crippen LogP contribution in [0.2, 0.25) is 0 Å². The Kier molecular flexibility index (Phi) is 4.13. The Morgan fingerprint density at radius 2 is 2.31 bits per heavy atom. The largest absolute Gasteiger partial charge is 0.337 e. The molecule has 1 aromatic carbocycles. The van der Waals surface area contributed by atoms with Crippen LogP contribution >= 0.6 is 50.1 Å². The average molecular weight is 414 g/mol. The van der Waals surface area contributed by atoms with Gasteiger partial charge < -0.3 is 4.90 Å². The Bertz CT molecular complexity index is 426. The van der Waals surface area contributed by atoms with Crippen LogP contribution in [0.5, 0.6) is 0 Å². The number of carbonyl (C=O) groups is 1. The fourth-order valence-electron chi connectivity index (χ4n) is 1.73. The van der Waals surface area contributed by atoms with Crippen LogP contribution in [0.3, 0.4) is 0 Å². The second kappa shape index (κ2) is 5.23. The maximum atomic E-state index is 12.2. The molecule has 86 valence electrons. The van der Waals surface area contributed by atoms with Gasteiger partial charge in [-0.25, -0.2) is 0 Å². The number of carbonyl (C=O) groups excluding carboxylic acids is 1. The monoisotopic (exact) mass is 413 g/mol. The van der Waals surface area contributed by atoms with Crippen molar-refractivity contribution in [2.45, 2.75) is 11.8 Å². The van der Waals surface area contributed by atoms with Crippen LogP contribution in [0.1, 0.15) is 16.8 Å². The SMILES string of the molecule is O=C(c1cc(Br)ccc1I)N1CCC(Cl)C1. The Morgan fingerprint density at radius 3 is 2.94 bits per heavy atom. The van der Waals surface area contributed by atoms with Gasteiger partial charge in [0.1, 0.15) is 0 Å². The maximum absolute atomic E-state index is 12.2. The molecule has 1 heterocycles. The first-order valence-corrected chi connectivity index (χ1v) is 7.27. The predicted octanol–water partition coefficient (Wildman–Crippen LogP) is 3.51. The minimum absolute atomic E-state index is 0.0776. The summed E-state index contributed by atoms with van der Waals surface area (Å²) < 4.78 is 1.90. The number of hydrogen-bond acceptors (Lipinski definition) is 1. The van der Waals surface area contributed by atoms with Crippen molar-refractivity contribution in [3.63, 3.8) is 0 Å². The number of alkyl halides is 1. The molecule has 0 spiro atoms. The smallest absolute Gasteiger partial charge is 0.255 e. The molecular formula is C11H10BrClINO. The highest BCUT2D eigenvalue weighted by molar-refractivity contribution is 14.1. The van der Waals surface area contributed by atoms with E-state index in [-0.39, 0.29) is 11.3 Å². The lowest BCUT2D eigenvalue weighted by atomic mass is 10.2. The van der Waals surface area contributed by atoms with Gasteiger partial charge in [-0.1, -0.05) is 15.9 Å². The van der Waals surface area contributed by atoms with Crippen LogP contribution in [0.25, 0.3) is 0 Å². The predicted molar refractivity (Wildman–Crippen MR) is 77.0 cm³/mol. The van der Waals surface area contributed by atoms with Crippen LogP contribution < -0.4 is 0 Å². The third-order valence-corrected chi connectivity index (χ3v) is 4.37. The molecule has 1 amide bonds. The highest BCUT2D eigenvalue weighted by atomic mass is 127. The molecule has 16 heavy (non-hydrogen) atoms. The Morgan fingerprint density at radius 1 is 1.56 bits per heavy atom. The van der Waals surface area contributed by atoms with E-state index in [2.05, 4.69) is 38.5 Å². The number of benzene rings is 1. The van der Waals surface area contributed by atoms with E-state index in [1.165, 1.54) is 0 Å². The van der Waals surface area contributed by atoms with Crippen molar-refractivity contribution in [1.29, 1.82) is 0 Å². The molecule has 0 N–H and O–H groups in total. The molecule has 0 aliphatic carbocycles. The maximum Gasteiger partial charge on any atom is 0.255 e. The quantitative estimate of drug-likeness (QED) is 0.509. The van der Waals surface area contributed by atoms with Crippen LogP contribution in [0.4, 0.5) is 0 Å². The zero-order valence-electron chi connectivity index (χ0n) is 8.42. The van der Waals surface area contributed by atoms with Crippen molar-refractivity contribution in [1.82, 2.24) is 4.90 Å². The number of halogens is 3. The standard InChI is InChI=1S/C11H10BrClINO/c12-7-1-2-10(14)9(5-7)11(16)15-4-3-8(13)6-15/h1-2,5,8H,3-4,6H2. The van der Waals surface area contributed by atoms with E-state index in [1.807, 2.05) is 23.1 Å². The molecule has 2 nitrogen and oxygen atoms in total. The number of rotatable bonds is 1. The van der Waals surface area contributed by atoms with Crippen molar-refractivity contribution in [2.75, 3.05) is 13.1 Å². The molecule has 5 heteroatoms. The summed E-state index contributed by atoms with van der Waals surface area (Å²) in [6, 6.07) is 5.74. The minimum Gasteiger partial charge on any atom is -0.337 e. The summed E-state index contributed by atoms with van der Waals surface area (Å²) in [7, 11) is 0. The molecular weight excluding hydrogens is 404 g/mol. The average Bonchev–Trinajstić information content (AvgIpc) is 2.67. The van der Waals surface area contributed by atoms with E-state index < -0.39 is 0 Å². The summed E-state index contributed by atoms with van der Waals surface area (Å²) in [5.41, 5.74) is 0.751. The summed E-state index contributed by atoms with van der Waals surface area (Å²) in [4.78, 5) is 14.0. The number of nitrogens with zero attached hydrogens (tertiary/aromatic N) is 1. The van der Waals surface area contributed by atoms with E-state index in [4.69, 9.17) is 11.6 Å². The van der Waals surface area contributed by atoms with Crippen molar-refractivity contribution in [2.24, 2.45) is 0 Å². The van der Waals surface area contributed by atoms with Crippen LogP contribution in [-0.4, -0.2) is 29.3 Å². The first-order chi connectivity index (χ1) is 7.58. The first-order valence-electron chi connectivity index (χ1n) is 4.96. The molecule has 1 aromatic rings. The molecule has 1 fully saturated rings. The van der Waals surface area contributed by atoms with Crippen molar-refractivity contribution >= 4 is 56.0 Å². The lowest BCUT2D eigenvalue weighted by Gasteiger charge is -2.16. The van der Waals surface area contributed by atoms with E-state index in [1.54, 1.807) is 0 Å². The second-order valence-electron chi connectivity index (χ2n) is 3.76. The number of amides is 1. The molecule has 1 aliphatic rings. The van der Waals surface area contributed by atoms with Gasteiger partial charge in [-0.05, 0) is 47.2 Å². The van der Waals surface area contributed by atoms with Gasteiger partial charge in [-0.15, -0.1) is 11.6 Å². The highest BCUT2D eigenvalue weighted by Crippen LogP contribution is 2.23. The number of likely N-dealkylation sites (tertiary alicyclic amines) is 1. The molecule has 1 atom stereocenters. The van der Waals surface area contributed by atoms with E-state index in [9.17, 15) is 4.79 Å². The Balaban J connectivity index is 2.23. The highest BCUT2D eigenvalue weighted by Gasteiger charge is 2.26. The molecule has 1 saturated heterocycles. The molecule has 1 aliphatic heterocycles. The van der Waals surface area contributed by atoms with Crippen molar-refractivity contribution < 1.29 is 4.79 Å². The topological polar surface area (TPSA) is 20.3 Å². The van der Waals surface area contributed by atoms with Crippen LogP contribution in [0, 0.1) is 3.57 Å². The summed E-state index contributed by atoms with van der Waals surface area (Å²) in [5.74, 6) is 0.0776. The van der Waals surface area contributed by atoms with Gasteiger partial charge in [0, 0.05) is 21.1 Å². The molecule has 1 unspecified atom stereocenters. The van der Waals surface area contributed by atoms with Crippen LogP contribution in [-0.2, 0) is 0 Å². The normalized spacial score (nSPS) is 20.2. The fraction of sp³-hybridized carbons (Fsp3) is 0.364. The lowest BCUT2D eigenvalue weighted by molar-refractivity contribution is 0.0792. The van der Waals surface area contributed by atoms with Crippen LogP contribution in [0.15, 0.2) is 22.7 Å².